The molecule has 0 saturated carbocycles. The van der Waals surface area contributed by atoms with Crippen molar-refractivity contribution in [2.45, 2.75) is 141 Å². The van der Waals surface area contributed by atoms with Crippen LogP contribution in [0.3, 0.4) is 0 Å². The smallest absolute Gasteiger partial charge is 0.326 e. The van der Waals surface area contributed by atoms with E-state index in [-0.39, 0.29) is 62.3 Å². The Labute approximate surface area is 419 Å². The quantitative estimate of drug-likeness (QED) is 0.0293. The van der Waals surface area contributed by atoms with Gasteiger partial charge in [0.25, 0.3) is 0 Å². The summed E-state index contributed by atoms with van der Waals surface area (Å²) in [5.74, 6) is -7.16. The van der Waals surface area contributed by atoms with Crippen molar-refractivity contribution in [3.05, 3.63) is 48.0 Å². The Hall–Kier alpha value is -6.43. The molecule has 7 amide bonds. The van der Waals surface area contributed by atoms with Crippen LogP contribution in [0.15, 0.2) is 41.8 Å². The van der Waals surface area contributed by atoms with Gasteiger partial charge in [0.05, 0.1) is 18.7 Å². The number of imidazole rings is 1. The van der Waals surface area contributed by atoms with Crippen LogP contribution in [-0.4, -0.2) is 151 Å². The lowest BCUT2D eigenvalue weighted by Gasteiger charge is -2.34. The summed E-state index contributed by atoms with van der Waals surface area (Å²) in [5.41, 5.74) is 11.9. The number of aliphatic carboxylic acids is 1. The van der Waals surface area contributed by atoms with Crippen LogP contribution in [0.4, 0.5) is 0 Å². The number of rotatable bonds is 28. The molecular formula is C47H75N13O10S. The number of thioether (sulfide) groups is 1. The van der Waals surface area contributed by atoms with E-state index in [2.05, 4.69) is 52.2 Å². The fraction of sp³-hybridized carbons (Fsp3) is 0.617. The molecule has 0 radical (unpaired) electrons. The third-order valence-electron chi connectivity index (χ3n) is 12.0. The van der Waals surface area contributed by atoms with Crippen molar-refractivity contribution in [3.8, 4) is 5.75 Å². The Morgan fingerprint density at radius 3 is 2.03 bits per heavy atom. The van der Waals surface area contributed by atoms with Gasteiger partial charge in [-0.1, -0.05) is 60.1 Å². The first-order chi connectivity index (χ1) is 33.4. The number of carbonyl (C=O) groups excluding carboxylic acids is 7. The number of carboxylic acids is 1. The number of likely N-dealkylation sites (N-methyl/N-ethyl adjacent to an activating group) is 1. The third kappa shape index (κ3) is 18.4. The number of carbonyl (C=O) groups is 8. The number of nitrogens with one attached hydrogen (secondary N) is 8. The van der Waals surface area contributed by atoms with E-state index in [1.807, 2.05) is 20.8 Å². The van der Waals surface area contributed by atoms with E-state index in [0.29, 0.717) is 24.1 Å². The highest BCUT2D eigenvalue weighted by Gasteiger charge is 2.50. The van der Waals surface area contributed by atoms with Gasteiger partial charge in [-0.25, -0.2) is 9.78 Å². The van der Waals surface area contributed by atoms with Gasteiger partial charge in [-0.2, -0.15) is 0 Å². The van der Waals surface area contributed by atoms with Gasteiger partial charge in [0, 0.05) is 36.0 Å². The van der Waals surface area contributed by atoms with Gasteiger partial charge in [-0.3, -0.25) is 38.6 Å². The van der Waals surface area contributed by atoms with Crippen LogP contribution in [0.25, 0.3) is 0 Å². The van der Waals surface area contributed by atoms with E-state index in [1.54, 1.807) is 53.8 Å². The SMILES string of the molecule is CC[C@H](C)[C@@H](NC(=O)[C@@H]1N(C(=O)[C@@H](Cc2cnc[nH]2)NC(=O)[C@H](CC(C)C)NC(=O)[C@@H](Cc2ccc(O)cc2)NC(=O)[C@H](NC(=O)[C@@H](CCCN=C(N)N)NC(=O)CNC)C(C)C)CSC1(C)C)C(=O)O. The molecule has 24 heteroatoms. The standard InChI is InChI=1S/C47H75N13O10S/c1-10-27(6)37(45(69)70)59-43(67)38-47(7,8)71-24-60(38)44(68)34(20-29-21-51-23-53-29)57-40(64)32(18-25(2)3)55-41(65)33(19-28-13-15-30(61)16-14-28)56-42(66)36(26(4)5)58-39(63)31(54-35(62)22-50-9)12-11-17-52-46(48)49/h13-16,21,23,25-27,31-34,36-38,50,61H,10-12,17-20,22,24H2,1-9H3,(H,51,53)(H,54,62)(H,55,65)(H,56,66)(H,57,64)(H,58,63)(H,59,67)(H,69,70)(H4,48,49,52)/t27-,31+,32-,33+,34+,36+,37+,38-/m0/s1. The van der Waals surface area contributed by atoms with E-state index < -0.39 is 106 Å². The molecule has 1 aliphatic heterocycles. The van der Waals surface area contributed by atoms with Crippen molar-refractivity contribution in [2.24, 2.45) is 34.2 Å². The summed E-state index contributed by atoms with van der Waals surface area (Å²) in [4.78, 5) is 123. The number of phenolic OH excluding ortho intramolecular Hbond substituents is 1. The number of guanidine groups is 1. The van der Waals surface area contributed by atoms with Crippen molar-refractivity contribution in [3.63, 3.8) is 0 Å². The Balaban J connectivity index is 1.96. The molecule has 1 aromatic carbocycles. The maximum absolute atomic E-state index is 14.7. The Morgan fingerprint density at radius 1 is 0.845 bits per heavy atom. The van der Waals surface area contributed by atoms with Gasteiger partial charge >= 0.3 is 5.97 Å². The number of carboxylic acid groups (broad SMARTS) is 1. The fourth-order valence-corrected chi connectivity index (χ4v) is 9.04. The molecule has 394 valence electrons. The zero-order valence-corrected chi connectivity index (χ0v) is 43.0. The number of aromatic nitrogens is 2. The highest BCUT2D eigenvalue weighted by atomic mass is 32.2. The van der Waals surface area contributed by atoms with Gasteiger partial charge in [0.15, 0.2) is 5.96 Å². The largest absolute Gasteiger partial charge is 0.508 e. The van der Waals surface area contributed by atoms with E-state index >= 15 is 0 Å². The molecule has 0 unspecified atom stereocenters. The molecule has 1 aliphatic rings. The highest BCUT2D eigenvalue weighted by Crippen LogP contribution is 2.40. The molecule has 8 atom stereocenters. The lowest BCUT2D eigenvalue weighted by atomic mass is 9.96. The van der Waals surface area contributed by atoms with Crippen LogP contribution in [0, 0.1) is 17.8 Å². The fourth-order valence-electron chi connectivity index (χ4n) is 7.90. The number of aromatic hydroxyl groups is 1. The van der Waals surface area contributed by atoms with Crippen molar-refractivity contribution in [1.82, 2.24) is 52.1 Å². The van der Waals surface area contributed by atoms with Crippen LogP contribution in [0.2, 0.25) is 0 Å². The number of aromatic amines is 1. The summed E-state index contributed by atoms with van der Waals surface area (Å²) in [7, 11) is 1.57. The number of H-pyrrole nitrogens is 1. The Morgan fingerprint density at radius 2 is 1.46 bits per heavy atom. The minimum atomic E-state index is -1.35. The predicted molar refractivity (Wildman–Crippen MR) is 268 cm³/mol. The molecule has 2 aromatic rings. The maximum atomic E-state index is 14.7. The first-order valence-corrected chi connectivity index (χ1v) is 24.8. The zero-order chi connectivity index (χ0) is 53.2. The monoisotopic (exact) mass is 1010 g/mol. The second kappa shape index (κ2) is 27.8. The van der Waals surface area contributed by atoms with Gasteiger partial charge in [-0.05, 0) is 75.6 Å². The topological polar surface area (TPSA) is 358 Å². The molecule has 23 nitrogen and oxygen atoms in total. The number of hydrogen-bond donors (Lipinski definition) is 12. The van der Waals surface area contributed by atoms with Gasteiger partial charge < -0.3 is 68.8 Å². The second-order valence-electron chi connectivity index (χ2n) is 19.1. The van der Waals surface area contributed by atoms with E-state index in [4.69, 9.17) is 11.5 Å². The van der Waals surface area contributed by atoms with E-state index in [9.17, 15) is 48.6 Å². The minimum Gasteiger partial charge on any atom is -0.508 e. The molecule has 14 N–H and O–H groups in total. The molecule has 0 aliphatic carbocycles. The molecule has 1 fully saturated rings. The summed E-state index contributed by atoms with van der Waals surface area (Å²) >= 11 is 1.32. The van der Waals surface area contributed by atoms with E-state index in [0.717, 1.165) is 0 Å². The molecular weight excluding hydrogens is 939 g/mol. The van der Waals surface area contributed by atoms with Crippen LogP contribution in [0.5, 0.6) is 5.75 Å². The lowest BCUT2D eigenvalue weighted by molar-refractivity contribution is -0.146. The molecule has 2 heterocycles. The number of phenols is 1. The van der Waals surface area contributed by atoms with Gasteiger partial charge in [-0.15, -0.1) is 11.8 Å². The minimum absolute atomic E-state index is 0.0393. The predicted octanol–water partition coefficient (Wildman–Crippen LogP) is -0.405. The molecule has 0 spiro atoms. The van der Waals surface area contributed by atoms with E-state index in [1.165, 1.54) is 41.3 Å². The summed E-state index contributed by atoms with van der Waals surface area (Å²) in [6.07, 6.45) is 3.67. The lowest BCUT2D eigenvalue weighted by Crippen LogP contribution is -2.62. The van der Waals surface area contributed by atoms with Crippen LogP contribution >= 0.6 is 11.8 Å². The number of hydrogen-bond acceptors (Lipinski definition) is 13. The van der Waals surface area contributed by atoms with Crippen LogP contribution in [-0.2, 0) is 51.2 Å². The summed E-state index contributed by atoms with van der Waals surface area (Å²) in [5, 5.41) is 39.1. The molecule has 1 saturated heterocycles. The van der Waals surface area contributed by atoms with Crippen molar-refractivity contribution in [2.75, 3.05) is 26.0 Å². The van der Waals surface area contributed by atoms with Crippen molar-refractivity contribution in [1.29, 1.82) is 0 Å². The number of benzene rings is 1. The second-order valence-corrected chi connectivity index (χ2v) is 20.7. The Bertz CT molecular complexity index is 2150. The number of nitrogens with zero attached hydrogens (tertiary/aromatic N) is 3. The number of amides is 7. The van der Waals surface area contributed by atoms with Crippen LogP contribution in [0.1, 0.15) is 92.3 Å². The molecule has 0 bridgehead atoms. The number of nitrogens with two attached hydrogens (primary N) is 2. The summed E-state index contributed by atoms with van der Waals surface area (Å²) in [6, 6.07) is -2.60. The number of aliphatic imine (C=N–C) groups is 1. The average Bonchev–Trinajstić information content (AvgIpc) is 3.93. The summed E-state index contributed by atoms with van der Waals surface area (Å²) in [6.45, 7) is 14.2. The zero-order valence-electron chi connectivity index (χ0n) is 42.2. The van der Waals surface area contributed by atoms with Gasteiger partial charge in [0.1, 0.15) is 48.0 Å². The molecule has 3 rings (SSSR count). The first kappa shape index (κ1) is 58.9. The van der Waals surface area contributed by atoms with Crippen molar-refractivity contribution >= 4 is 65.0 Å². The maximum Gasteiger partial charge on any atom is 0.326 e. The summed E-state index contributed by atoms with van der Waals surface area (Å²) < 4.78 is -0.858. The van der Waals surface area contributed by atoms with Crippen LogP contribution < -0.4 is 48.7 Å². The van der Waals surface area contributed by atoms with Crippen molar-refractivity contribution < 1.29 is 48.6 Å². The molecule has 71 heavy (non-hydrogen) atoms. The highest BCUT2D eigenvalue weighted by molar-refractivity contribution is 8.00. The van der Waals surface area contributed by atoms with Gasteiger partial charge in [0.2, 0.25) is 41.4 Å². The first-order valence-electron chi connectivity index (χ1n) is 23.8. The molecule has 1 aromatic heterocycles. The average molecular weight is 1010 g/mol. The Kier molecular flexibility index (Phi) is 23.1. The third-order valence-corrected chi connectivity index (χ3v) is 13.4. The normalized spacial score (nSPS) is 17.1.